The topological polar surface area (TPSA) is 109 Å². The van der Waals surface area contributed by atoms with E-state index in [0.717, 1.165) is 42.5 Å². The number of methoxy groups -OCH3 is 4. The number of carbonyl (C=O) groups excluding carboxylic acids is 3. The smallest absolute Gasteiger partial charge is 0.342 e. The van der Waals surface area contributed by atoms with Gasteiger partial charge >= 0.3 is 11.9 Å². The Balaban J connectivity index is 1.74. The van der Waals surface area contributed by atoms with E-state index in [1.54, 1.807) is 0 Å². The molecule has 2 aromatic rings. The maximum atomic E-state index is 12.6. The van der Waals surface area contributed by atoms with E-state index in [9.17, 15) is 14.4 Å². The quantitative estimate of drug-likeness (QED) is 0.454. The van der Waals surface area contributed by atoms with Crippen molar-refractivity contribution in [2.45, 2.75) is 32.1 Å². The van der Waals surface area contributed by atoms with Crippen LogP contribution < -0.4 is 19.5 Å². The van der Waals surface area contributed by atoms with Gasteiger partial charge < -0.3 is 29.0 Å². The molecule has 1 N–H and O–H groups in total. The van der Waals surface area contributed by atoms with Crippen molar-refractivity contribution in [3.8, 4) is 17.2 Å². The van der Waals surface area contributed by atoms with E-state index in [0.29, 0.717) is 22.1 Å². The van der Waals surface area contributed by atoms with Crippen LogP contribution in [0, 0.1) is 0 Å². The minimum atomic E-state index is -0.766. The van der Waals surface area contributed by atoms with Crippen LogP contribution in [0.3, 0.4) is 0 Å². The number of nitrogens with one attached hydrogen (secondary N) is 1. The van der Waals surface area contributed by atoms with Crippen molar-refractivity contribution in [1.82, 2.24) is 0 Å². The average molecular weight is 478 g/mol. The van der Waals surface area contributed by atoms with Gasteiger partial charge in [-0.25, -0.2) is 9.59 Å². The molecule has 3 rings (SSSR count). The van der Waals surface area contributed by atoms with Crippen LogP contribution in [0.1, 0.15) is 50.4 Å². The highest BCUT2D eigenvalue weighted by Crippen LogP contribution is 2.38. The average Bonchev–Trinajstić information content (AvgIpc) is 3.00. The largest absolute Gasteiger partial charge is 0.496 e. The molecule has 1 heterocycles. The third-order valence-corrected chi connectivity index (χ3v) is 6.53. The Bertz CT molecular complexity index is 1050. The lowest BCUT2D eigenvalue weighted by atomic mass is 10.1. The van der Waals surface area contributed by atoms with Crippen LogP contribution in [0.2, 0.25) is 0 Å². The molecule has 0 saturated carbocycles. The van der Waals surface area contributed by atoms with Crippen LogP contribution in [0.5, 0.6) is 17.2 Å². The lowest BCUT2D eigenvalue weighted by Gasteiger charge is -2.13. The summed E-state index contributed by atoms with van der Waals surface area (Å²) in [5, 5.41) is 3.12. The first kappa shape index (κ1) is 24.4. The van der Waals surface area contributed by atoms with Gasteiger partial charge in [0.15, 0.2) is 18.1 Å². The summed E-state index contributed by atoms with van der Waals surface area (Å²) in [7, 11) is 5.62. The van der Waals surface area contributed by atoms with Gasteiger partial charge in [-0.15, -0.1) is 11.3 Å². The first-order valence-corrected chi connectivity index (χ1v) is 11.2. The minimum absolute atomic E-state index is 0.0843. The molecular weight excluding hydrogens is 450 g/mol. The summed E-state index contributed by atoms with van der Waals surface area (Å²) in [6.45, 7) is -0.542. The van der Waals surface area contributed by atoms with Gasteiger partial charge in [-0.3, -0.25) is 4.79 Å². The van der Waals surface area contributed by atoms with E-state index in [1.165, 1.54) is 51.9 Å². The summed E-state index contributed by atoms with van der Waals surface area (Å²) in [6, 6.07) is 2.92. The van der Waals surface area contributed by atoms with Crippen LogP contribution in [0.25, 0.3) is 0 Å². The van der Waals surface area contributed by atoms with Gasteiger partial charge in [-0.2, -0.15) is 0 Å². The second kappa shape index (κ2) is 11.0. The van der Waals surface area contributed by atoms with E-state index in [-0.39, 0.29) is 11.3 Å². The van der Waals surface area contributed by atoms with Gasteiger partial charge in [-0.1, -0.05) is 6.42 Å². The van der Waals surface area contributed by atoms with E-state index in [2.05, 4.69) is 5.32 Å². The highest BCUT2D eigenvalue weighted by Gasteiger charge is 2.27. The Kier molecular flexibility index (Phi) is 8.16. The molecule has 0 radical (unpaired) electrons. The fourth-order valence-electron chi connectivity index (χ4n) is 3.71. The minimum Gasteiger partial charge on any atom is -0.496 e. The number of carbonyl (C=O) groups is 3. The molecule has 0 atom stereocenters. The second-order valence-electron chi connectivity index (χ2n) is 7.29. The van der Waals surface area contributed by atoms with Gasteiger partial charge in [0.1, 0.15) is 16.3 Å². The summed E-state index contributed by atoms with van der Waals surface area (Å²) < 4.78 is 25.8. The van der Waals surface area contributed by atoms with Crippen molar-refractivity contribution in [2.24, 2.45) is 0 Å². The fourth-order valence-corrected chi connectivity index (χ4v) is 5.00. The summed E-state index contributed by atoms with van der Waals surface area (Å²) in [4.78, 5) is 38.7. The van der Waals surface area contributed by atoms with Gasteiger partial charge in [0.05, 0.1) is 34.0 Å². The van der Waals surface area contributed by atoms with E-state index < -0.39 is 24.5 Å². The fraction of sp³-hybridized carbons (Fsp3) is 0.435. The second-order valence-corrected chi connectivity index (χ2v) is 8.40. The molecule has 1 aromatic heterocycles. The summed E-state index contributed by atoms with van der Waals surface area (Å²) in [5.41, 5.74) is 1.41. The Labute approximate surface area is 195 Å². The Hall–Kier alpha value is -3.27. The monoisotopic (exact) mass is 477 g/mol. The number of thiophene rings is 1. The van der Waals surface area contributed by atoms with Crippen molar-refractivity contribution in [2.75, 3.05) is 40.4 Å². The number of ether oxygens (including phenoxy) is 5. The normalized spacial score (nSPS) is 12.7. The Morgan fingerprint density at radius 3 is 2.21 bits per heavy atom. The lowest BCUT2D eigenvalue weighted by molar-refractivity contribution is -0.119. The molecule has 178 valence electrons. The van der Waals surface area contributed by atoms with E-state index >= 15 is 0 Å². The third kappa shape index (κ3) is 5.39. The molecule has 1 amide bonds. The number of anilines is 1. The van der Waals surface area contributed by atoms with Crippen LogP contribution in [0.15, 0.2) is 12.1 Å². The molecule has 0 bridgehead atoms. The van der Waals surface area contributed by atoms with Crippen LogP contribution in [-0.2, 0) is 27.1 Å². The number of rotatable bonds is 8. The SMILES string of the molecule is COC(=O)c1c(NC(=O)COC(=O)c2cc(OC)c(OC)cc2OC)sc2c1CCCCC2. The zero-order valence-corrected chi connectivity index (χ0v) is 19.9. The maximum absolute atomic E-state index is 12.6. The lowest BCUT2D eigenvalue weighted by Crippen LogP contribution is -2.22. The molecule has 1 aliphatic rings. The molecule has 0 aliphatic heterocycles. The maximum Gasteiger partial charge on any atom is 0.342 e. The molecule has 10 heteroatoms. The highest BCUT2D eigenvalue weighted by molar-refractivity contribution is 7.17. The van der Waals surface area contributed by atoms with Gasteiger partial charge in [0.25, 0.3) is 5.91 Å². The summed E-state index contributed by atoms with van der Waals surface area (Å²) >= 11 is 1.37. The van der Waals surface area contributed by atoms with Crippen molar-refractivity contribution < 1.29 is 38.1 Å². The highest BCUT2D eigenvalue weighted by atomic mass is 32.1. The number of fused-ring (bicyclic) bond motifs is 1. The number of benzene rings is 1. The van der Waals surface area contributed by atoms with Gasteiger partial charge in [-0.05, 0) is 31.2 Å². The number of hydrogen-bond acceptors (Lipinski definition) is 9. The number of hydrogen-bond donors (Lipinski definition) is 1. The zero-order valence-electron chi connectivity index (χ0n) is 19.1. The molecule has 0 spiro atoms. The predicted molar refractivity (Wildman–Crippen MR) is 122 cm³/mol. The van der Waals surface area contributed by atoms with E-state index in [1.807, 2.05) is 0 Å². The first-order chi connectivity index (χ1) is 15.9. The molecule has 0 fully saturated rings. The third-order valence-electron chi connectivity index (χ3n) is 5.32. The molecule has 0 saturated heterocycles. The summed E-state index contributed by atoms with van der Waals surface area (Å²) in [5.74, 6) is -0.902. The van der Waals surface area contributed by atoms with Crippen molar-refractivity contribution in [1.29, 1.82) is 0 Å². The van der Waals surface area contributed by atoms with Crippen molar-refractivity contribution >= 4 is 34.2 Å². The standard InChI is InChI=1S/C23H27NO8S/c1-28-15-11-17(30-3)16(29-2)10-14(15)22(26)32-12-19(25)24-21-20(23(27)31-4)13-8-6-5-7-9-18(13)33-21/h10-11H,5-9,12H2,1-4H3,(H,24,25). The predicted octanol–water partition coefficient (Wildman–Crippen LogP) is 3.62. The van der Waals surface area contributed by atoms with Gasteiger partial charge in [0, 0.05) is 17.0 Å². The Morgan fingerprint density at radius 2 is 1.55 bits per heavy atom. The first-order valence-electron chi connectivity index (χ1n) is 10.4. The van der Waals surface area contributed by atoms with Crippen LogP contribution >= 0.6 is 11.3 Å². The molecule has 1 aromatic carbocycles. The van der Waals surface area contributed by atoms with Crippen molar-refractivity contribution in [3.63, 3.8) is 0 Å². The zero-order chi connectivity index (χ0) is 24.0. The summed E-state index contributed by atoms with van der Waals surface area (Å²) in [6.07, 6.45) is 4.73. The van der Waals surface area contributed by atoms with Gasteiger partial charge in [0.2, 0.25) is 0 Å². The number of aryl methyl sites for hydroxylation is 1. The van der Waals surface area contributed by atoms with E-state index in [4.69, 9.17) is 23.7 Å². The van der Waals surface area contributed by atoms with Crippen LogP contribution in [0.4, 0.5) is 5.00 Å². The molecule has 33 heavy (non-hydrogen) atoms. The number of esters is 2. The molecular formula is C23H27NO8S. The molecule has 0 unspecified atom stereocenters. The number of amides is 1. The van der Waals surface area contributed by atoms with Crippen molar-refractivity contribution in [3.05, 3.63) is 33.7 Å². The molecule has 1 aliphatic carbocycles. The van der Waals surface area contributed by atoms with Crippen LogP contribution in [-0.4, -0.2) is 52.9 Å². The molecule has 9 nitrogen and oxygen atoms in total. The Morgan fingerprint density at radius 1 is 0.879 bits per heavy atom.